The number of hydrogen-bond donors (Lipinski definition) is 0. The molecule has 2 nitrogen and oxygen atoms in total. The number of nitrogens with zero attached hydrogens (tertiary/aromatic N) is 2. The molecule has 0 aliphatic heterocycles. The monoisotopic (exact) mass is 532 g/mol. The molecule has 0 aliphatic rings. The van der Waals surface area contributed by atoms with Crippen molar-refractivity contribution in [2.45, 2.75) is 0 Å². The molecule has 0 aliphatic carbocycles. The van der Waals surface area contributed by atoms with Crippen LogP contribution in [0.1, 0.15) is 0 Å². The molecule has 0 saturated carbocycles. The molecule has 0 N–H and O–H groups in total. The summed E-state index contributed by atoms with van der Waals surface area (Å²) in [5, 5.41) is 12.1. The number of fused-ring (bicyclic) bond motifs is 9. The van der Waals surface area contributed by atoms with Crippen molar-refractivity contribution in [3.63, 3.8) is 0 Å². The van der Waals surface area contributed by atoms with Crippen molar-refractivity contribution in [3.05, 3.63) is 146 Å². The summed E-state index contributed by atoms with van der Waals surface area (Å²) in [6, 6.07) is 52.1. The van der Waals surface area contributed by atoms with Gasteiger partial charge in [0.05, 0.1) is 22.4 Å². The highest BCUT2D eigenvalue weighted by Gasteiger charge is 2.16. The van der Waals surface area contributed by atoms with E-state index in [9.17, 15) is 0 Å². The molecular weight excluding hydrogens is 508 g/mol. The van der Waals surface area contributed by atoms with Gasteiger partial charge < -0.3 is 0 Å². The largest absolute Gasteiger partial charge is 0.244 e. The molecule has 0 saturated heterocycles. The zero-order valence-electron chi connectivity index (χ0n) is 22.8. The van der Waals surface area contributed by atoms with Crippen LogP contribution in [0.5, 0.6) is 0 Å². The van der Waals surface area contributed by atoms with E-state index in [-0.39, 0.29) is 0 Å². The maximum absolute atomic E-state index is 5.45. The summed E-state index contributed by atoms with van der Waals surface area (Å²) >= 11 is 0. The Morgan fingerprint density at radius 1 is 0.333 bits per heavy atom. The highest BCUT2D eigenvalue weighted by Crippen LogP contribution is 2.39. The second-order valence-electron chi connectivity index (χ2n) is 11.0. The van der Waals surface area contributed by atoms with Crippen LogP contribution in [-0.4, -0.2) is 9.97 Å². The Morgan fingerprint density at radius 3 is 1.69 bits per heavy atom. The van der Waals surface area contributed by atoms with Crippen molar-refractivity contribution >= 4 is 64.9 Å². The van der Waals surface area contributed by atoms with Crippen LogP contribution in [-0.2, 0) is 0 Å². The molecule has 8 aromatic carbocycles. The molecule has 1 heterocycles. The molecule has 1 aromatic heterocycles. The van der Waals surface area contributed by atoms with Crippen molar-refractivity contribution < 1.29 is 0 Å². The Morgan fingerprint density at radius 2 is 0.929 bits per heavy atom. The third kappa shape index (κ3) is 3.45. The van der Waals surface area contributed by atoms with Gasteiger partial charge in [-0.25, -0.2) is 9.97 Å². The average molecular weight is 533 g/mol. The SMILES string of the molecule is c1ccc(-c2nc3cc4cc(c5ccccc5c5ccc6ccc7cccc4c7c6c5)c3nc2-c2ccccc2)cc1. The summed E-state index contributed by atoms with van der Waals surface area (Å²) in [5.41, 5.74) is 5.70. The third-order valence-corrected chi connectivity index (χ3v) is 8.57. The fourth-order valence-electron chi connectivity index (χ4n) is 6.60. The predicted octanol–water partition coefficient (Wildman–Crippen LogP) is 10.7. The Labute approximate surface area is 242 Å². The molecule has 0 radical (unpaired) electrons. The van der Waals surface area contributed by atoms with Gasteiger partial charge in [-0.15, -0.1) is 0 Å². The van der Waals surface area contributed by atoms with E-state index >= 15 is 0 Å². The quantitative estimate of drug-likeness (QED) is 0.207. The summed E-state index contributed by atoms with van der Waals surface area (Å²) in [5.74, 6) is 0. The Hall–Kier alpha value is -5.60. The molecule has 9 rings (SSSR count). The van der Waals surface area contributed by atoms with Crippen LogP contribution in [0.4, 0.5) is 0 Å². The van der Waals surface area contributed by atoms with Crippen molar-refractivity contribution in [1.82, 2.24) is 9.97 Å². The first kappa shape index (κ1) is 23.1. The fourth-order valence-corrected chi connectivity index (χ4v) is 6.60. The maximum atomic E-state index is 5.45. The Balaban J connectivity index is 1.56. The van der Waals surface area contributed by atoms with Gasteiger partial charge in [0, 0.05) is 16.5 Å². The lowest BCUT2D eigenvalue weighted by Crippen LogP contribution is -1.96. The number of benzene rings is 7. The van der Waals surface area contributed by atoms with Crippen LogP contribution in [0.2, 0.25) is 0 Å². The second-order valence-corrected chi connectivity index (χ2v) is 11.0. The van der Waals surface area contributed by atoms with E-state index in [4.69, 9.17) is 9.97 Å². The fraction of sp³-hybridized carbons (Fsp3) is 0. The van der Waals surface area contributed by atoms with E-state index in [0.29, 0.717) is 0 Å². The molecule has 0 fully saturated rings. The number of aromatic nitrogens is 2. The zero-order chi connectivity index (χ0) is 27.6. The summed E-state index contributed by atoms with van der Waals surface area (Å²) in [7, 11) is 0. The van der Waals surface area contributed by atoms with Gasteiger partial charge in [0.1, 0.15) is 0 Å². The summed E-state index contributed by atoms with van der Waals surface area (Å²) in [6.45, 7) is 0. The van der Waals surface area contributed by atoms with E-state index in [2.05, 4.69) is 133 Å². The minimum Gasteiger partial charge on any atom is -0.244 e. The van der Waals surface area contributed by atoms with Crippen LogP contribution >= 0.6 is 0 Å². The van der Waals surface area contributed by atoms with Crippen LogP contribution in [0.25, 0.3) is 87.4 Å². The minimum absolute atomic E-state index is 0.891. The highest BCUT2D eigenvalue weighted by atomic mass is 14.8. The van der Waals surface area contributed by atoms with E-state index in [1.54, 1.807) is 0 Å². The summed E-state index contributed by atoms with van der Waals surface area (Å²) in [6.07, 6.45) is 0. The van der Waals surface area contributed by atoms with E-state index in [1.807, 2.05) is 12.1 Å². The van der Waals surface area contributed by atoms with Gasteiger partial charge in [-0.3, -0.25) is 0 Å². The Bertz CT molecular complexity index is 2500. The van der Waals surface area contributed by atoms with Crippen molar-refractivity contribution in [1.29, 1.82) is 0 Å². The van der Waals surface area contributed by atoms with Crippen molar-refractivity contribution in [2.75, 3.05) is 0 Å². The normalized spacial score (nSPS) is 11.8. The van der Waals surface area contributed by atoms with E-state index in [1.165, 1.54) is 37.7 Å². The third-order valence-electron chi connectivity index (χ3n) is 8.57. The first-order chi connectivity index (χ1) is 20.8. The van der Waals surface area contributed by atoms with Gasteiger partial charge >= 0.3 is 0 Å². The molecular formula is C40H24N2. The van der Waals surface area contributed by atoms with Gasteiger partial charge in [0.2, 0.25) is 0 Å². The van der Waals surface area contributed by atoms with E-state index in [0.717, 1.165) is 49.7 Å². The van der Waals surface area contributed by atoms with E-state index < -0.39 is 0 Å². The van der Waals surface area contributed by atoms with Crippen molar-refractivity contribution in [2.24, 2.45) is 0 Å². The van der Waals surface area contributed by atoms with Gasteiger partial charge in [-0.2, -0.15) is 0 Å². The van der Waals surface area contributed by atoms with Crippen LogP contribution < -0.4 is 0 Å². The second kappa shape index (κ2) is 8.95. The first-order valence-electron chi connectivity index (χ1n) is 14.3. The van der Waals surface area contributed by atoms with Gasteiger partial charge in [0.15, 0.2) is 0 Å². The molecule has 9 aromatic rings. The maximum Gasteiger partial charge on any atom is 0.0973 e. The molecule has 194 valence electrons. The van der Waals surface area contributed by atoms with Gasteiger partial charge in [0.25, 0.3) is 0 Å². The van der Waals surface area contributed by atoms with Crippen LogP contribution in [0.3, 0.4) is 0 Å². The molecule has 42 heavy (non-hydrogen) atoms. The zero-order valence-corrected chi connectivity index (χ0v) is 22.8. The topological polar surface area (TPSA) is 25.8 Å². The summed E-state index contributed by atoms with van der Waals surface area (Å²) < 4.78 is 0. The lowest BCUT2D eigenvalue weighted by atomic mass is 9.93. The van der Waals surface area contributed by atoms with Crippen molar-refractivity contribution in [3.8, 4) is 22.5 Å². The molecule has 0 spiro atoms. The lowest BCUT2D eigenvalue weighted by Gasteiger charge is -2.14. The lowest BCUT2D eigenvalue weighted by molar-refractivity contribution is 1.30. The smallest absolute Gasteiger partial charge is 0.0973 e. The molecule has 0 amide bonds. The van der Waals surface area contributed by atoms with Crippen LogP contribution in [0.15, 0.2) is 146 Å². The predicted molar refractivity (Wildman–Crippen MR) is 178 cm³/mol. The molecule has 0 atom stereocenters. The Kier molecular flexibility index (Phi) is 4.93. The number of rotatable bonds is 2. The molecule has 2 heteroatoms. The van der Waals surface area contributed by atoms with Gasteiger partial charge in [-0.1, -0.05) is 127 Å². The molecule has 4 bridgehead atoms. The minimum atomic E-state index is 0.891. The average Bonchev–Trinajstić information content (AvgIpc) is 3.07. The first-order valence-corrected chi connectivity index (χ1v) is 14.3. The van der Waals surface area contributed by atoms with Crippen LogP contribution in [0, 0.1) is 0 Å². The number of hydrogen-bond acceptors (Lipinski definition) is 2. The standard InChI is InChI=1S/C40H24N2/c1-3-10-27(11-4-1)38-39(28-12-5-2-6-13-28)42-40-35-23-30(24-36(40)41-38)32-17-9-14-26-20-18-25-19-21-29(22-34(25)37(26)32)31-15-7-8-16-33(31)35/h1-24H. The van der Waals surface area contributed by atoms with Gasteiger partial charge in [-0.05, 0) is 66.7 Å². The summed E-state index contributed by atoms with van der Waals surface area (Å²) in [4.78, 5) is 10.9. The highest BCUT2D eigenvalue weighted by molar-refractivity contribution is 6.25. The molecule has 0 unspecified atom stereocenters.